The maximum absolute atomic E-state index is 12.4. The molecule has 1 aromatic carbocycles. The summed E-state index contributed by atoms with van der Waals surface area (Å²) < 4.78 is 32.3. The zero-order valence-corrected chi connectivity index (χ0v) is 19.8. The molecular formula is C19H28IN5O3S. The second-order valence-corrected chi connectivity index (χ2v) is 8.82. The smallest absolute Gasteiger partial charge is 0.193 e. The first-order valence-corrected chi connectivity index (χ1v) is 11.0. The lowest BCUT2D eigenvalue weighted by atomic mass is 10.1. The summed E-state index contributed by atoms with van der Waals surface area (Å²) in [5.74, 6) is 0.858. The quantitative estimate of drug-likeness (QED) is 0.264. The molecular weight excluding hydrogens is 505 g/mol. The summed E-state index contributed by atoms with van der Waals surface area (Å²) in [6.45, 7) is 2.54. The van der Waals surface area contributed by atoms with Gasteiger partial charge in [0.15, 0.2) is 15.8 Å². The van der Waals surface area contributed by atoms with Crippen LogP contribution in [0.25, 0.3) is 0 Å². The molecule has 8 nitrogen and oxygen atoms in total. The summed E-state index contributed by atoms with van der Waals surface area (Å²) in [6, 6.07) is 8.56. The van der Waals surface area contributed by atoms with Gasteiger partial charge in [-0.1, -0.05) is 18.2 Å². The van der Waals surface area contributed by atoms with Crippen molar-refractivity contribution >= 4 is 39.8 Å². The van der Waals surface area contributed by atoms with E-state index in [-0.39, 0.29) is 35.8 Å². The highest BCUT2D eigenvalue weighted by molar-refractivity contribution is 14.0. The number of rotatable bonds is 6. The van der Waals surface area contributed by atoms with Gasteiger partial charge < -0.3 is 15.0 Å². The van der Waals surface area contributed by atoms with Gasteiger partial charge in [0, 0.05) is 38.9 Å². The predicted molar refractivity (Wildman–Crippen MR) is 123 cm³/mol. The molecule has 1 unspecified atom stereocenters. The van der Waals surface area contributed by atoms with Crippen LogP contribution in [-0.2, 0) is 21.6 Å². The first-order valence-electron chi connectivity index (χ1n) is 9.33. The van der Waals surface area contributed by atoms with Gasteiger partial charge >= 0.3 is 0 Å². The molecule has 1 aliphatic heterocycles. The molecule has 1 fully saturated rings. The largest absolute Gasteiger partial charge is 0.370 e. The Bertz CT molecular complexity index is 902. The first kappa shape index (κ1) is 23.6. The molecule has 160 valence electrons. The van der Waals surface area contributed by atoms with Crippen LogP contribution in [0.3, 0.4) is 0 Å². The van der Waals surface area contributed by atoms with E-state index in [0.717, 1.165) is 18.1 Å². The molecule has 0 spiro atoms. The number of ether oxygens (including phenoxy) is 1. The van der Waals surface area contributed by atoms with Crippen LogP contribution >= 0.6 is 24.0 Å². The summed E-state index contributed by atoms with van der Waals surface area (Å²) in [7, 11) is 0.362. The maximum Gasteiger partial charge on any atom is 0.193 e. The van der Waals surface area contributed by atoms with Gasteiger partial charge in [0.2, 0.25) is 0 Å². The van der Waals surface area contributed by atoms with Gasteiger partial charge in [0.05, 0.1) is 30.0 Å². The number of hydrogen-bond acceptors (Lipinski definition) is 5. The molecule has 1 N–H and O–H groups in total. The van der Waals surface area contributed by atoms with Crippen LogP contribution in [0.15, 0.2) is 52.6 Å². The summed E-state index contributed by atoms with van der Waals surface area (Å²) in [6.07, 6.45) is 4.23. The van der Waals surface area contributed by atoms with E-state index >= 15 is 0 Å². The Morgan fingerprint density at radius 2 is 2.10 bits per heavy atom. The lowest BCUT2D eigenvalue weighted by Crippen LogP contribution is -2.48. The Kier molecular flexibility index (Phi) is 8.90. The minimum Gasteiger partial charge on any atom is -0.370 e. The van der Waals surface area contributed by atoms with Crippen molar-refractivity contribution in [2.24, 2.45) is 12.0 Å². The molecule has 10 heteroatoms. The molecule has 0 saturated carbocycles. The molecule has 0 aliphatic carbocycles. The average molecular weight is 533 g/mol. The first-order chi connectivity index (χ1) is 13.5. The highest BCUT2D eigenvalue weighted by atomic mass is 127. The van der Waals surface area contributed by atoms with E-state index in [0.29, 0.717) is 31.0 Å². The number of nitrogens with zero attached hydrogens (tertiary/aromatic N) is 4. The standard InChI is InChI=1S/C19H27N5O3S.HI/c1-20-19(21-9-6-12-28(25,26)17-7-4-3-5-8-17)24-10-11-27-18(15-24)16-13-22-23(2)14-16;/h3-5,7-8,13-14,18H,6,9-12,15H2,1-2H3,(H,20,21);1H. The van der Waals surface area contributed by atoms with Crippen molar-refractivity contribution in [1.29, 1.82) is 0 Å². The van der Waals surface area contributed by atoms with Gasteiger partial charge in [-0.25, -0.2) is 8.42 Å². The molecule has 1 saturated heterocycles. The lowest BCUT2D eigenvalue weighted by Gasteiger charge is -2.34. The Labute approximate surface area is 189 Å². The van der Waals surface area contributed by atoms with Crippen LogP contribution < -0.4 is 5.32 Å². The fraction of sp³-hybridized carbons (Fsp3) is 0.474. The third-order valence-electron chi connectivity index (χ3n) is 4.65. The molecule has 1 aromatic heterocycles. The zero-order chi connectivity index (χ0) is 20.0. The van der Waals surface area contributed by atoms with Crippen molar-refractivity contribution in [2.75, 3.05) is 39.0 Å². The average Bonchev–Trinajstić information content (AvgIpc) is 3.15. The Balaban J connectivity index is 0.00000300. The third-order valence-corrected chi connectivity index (χ3v) is 6.47. The number of halogens is 1. The number of hydrogen-bond donors (Lipinski definition) is 1. The van der Waals surface area contributed by atoms with Crippen LogP contribution in [0, 0.1) is 0 Å². The number of benzene rings is 1. The highest BCUT2D eigenvalue weighted by Gasteiger charge is 2.25. The molecule has 1 atom stereocenters. The normalized spacial score (nSPS) is 17.7. The number of nitrogens with one attached hydrogen (secondary N) is 1. The van der Waals surface area contributed by atoms with E-state index in [1.165, 1.54) is 0 Å². The van der Waals surface area contributed by atoms with E-state index in [4.69, 9.17) is 4.74 Å². The van der Waals surface area contributed by atoms with Crippen molar-refractivity contribution in [2.45, 2.75) is 17.4 Å². The van der Waals surface area contributed by atoms with Crippen molar-refractivity contribution in [3.05, 3.63) is 48.3 Å². The van der Waals surface area contributed by atoms with E-state index in [2.05, 4.69) is 20.3 Å². The summed E-state index contributed by atoms with van der Waals surface area (Å²) in [5.41, 5.74) is 1.04. The van der Waals surface area contributed by atoms with E-state index < -0.39 is 9.84 Å². The minimum atomic E-state index is -3.26. The third kappa shape index (κ3) is 6.41. The van der Waals surface area contributed by atoms with Crippen LogP contribution in [0.4, 0.5) is 0 Å². The van der Waals surface area contributed by atoms with Gasteiger partial charge in [-0.05, 0) is 18.6 Å². The number of aryl methyl sites for hydroxylation is 1. The summed E-state index contributed by atoms with van der Waals surface area (Å²) >= 11 is 0. The molecule has 3 rings (SSSR count). The highest BCUT2D eigenvalue weighted by Crippen LogP contribution is 2.21. The number of aromatic nitrogens is 2. The van der Waals surface area contributed by atoms with Crippen LogP contribution in [0.5, 0.6) is 0 Å². The van der Waals surface area contributed by atoms with Gasteiger partial charge in [-0.15, -0.1) is 24.0 Å². The zero-order valence-electron chi connectivity index (χ0n) is 16.7. The molecule has 29 heavy (non-hydrogen) atoms. The number of morpholine rings is 1. The monoisotopic (exact) mass is 533 g/mol. The number of sulfone groups is 1. The molecule has 1 aliphatic rings. The van der Waals surface area contributed by atoms with Crippen molar-refractivity contribution in [1.82, 2.24) is 20.0 Å². The molecule has 0 bridgehead atoms. The summed E-state index contributed by atoms with van der Waals surface area (Å²) in [5, 5.41) is 7.48. The van der Waals surface area contributed by atoms with Crippen LogP contribution in [0.1, 0.15) is 18.1 Å². The Morgan fingerprint density at radius 1 is 1.34 bits per heavy atom. The molecule has 2 heterocycles. The van der Waals surface area contributed by atoms with E-state index in [9.17, 15) is 8.42 Å². The van der Waals surface area contributed by atoms with E-state index in [1.807, 2.05) is 25.5 Å². The lowest BCUT2D eigenvalue weighted by molar-refractivity contribution is -0.00801. The van der Waals surface area contributed by atoms with Crippen molar-refractivity contribution < 1.29 is 13.2 Å². The second-order valence-electron chi connectivity index (χ2n) is 6.71. The molecule has 0 radical (unpaired) electrons. The van der Waals surface area contributed by atoms with Gasteiger partial charge in [-0.2, -0.15) is 5.10 Å². The van der Waals surface area contributed by atoms with Gasteiger partial charge in [0.1, 0.15) is 6.10 Å². The van der Waals surface area contributed by atoms with Crippen molar-refractivity contribution in [3.8, 4) is 0 Å². The maximum atomic E-state index is 12.4. The Hall–Kier alpha value is -1.66. The molecule has 0 amide bonds. The molecule has 2 aromatic rings. The van der Waals surface area contributed by atoms with Gasteiger partial charge in [-0.3, -0.25) is 9.67 Å². The second kappa shape index (κ2) is 10.9. The fourth-order valence-corrected chi connectivity index (χ4v) is 4.52. The van der Waals surface area contributed by atoms with Crippen LogP contribution in [-0.4, -0.2) is 68.1 Å². The Morgan fingerprint density at radius 3 is 2.76 bits per heavy atom. The minimum absolute atomic E-state index is 0. The number of guanidine groups is 1. The predicted octanol–water partition coefficient (Wildman–Crippen LogP) is 1.85. The van der Waals surface area contributed by atoms with Gasteiger partial charge in [0.25, 0.3) is 0 Å². The fourth-order valence-electron chi connectivity index (χ4n) is 3.19. The SMILES string of the molecule is CN=C(NCCCS(=O)(=O)c1ccccc1)N1CCOC(c2cnn(C)c2)C1.I. The topological polar surface area (TPSA) is 88.8 Å². The van der Waals surface area contributed by atoms with E-state index in [1.54, 1.807) is 36.0 Å². The summed E-state index contributed by atoms with van der Waals surface area (Å²) in [4.78, 5) is 6.84. The number of aliphatic imine (C=N–C) groups is 1. The van der Waals surface area contributed by atoms with Crippen LogP contribution in [0.2, 0.25) is 0 Å². The van der Waals surface area contributed by atoms with Crippen molar-refractivity contribution in [3.63, 3.8) is 0 Å².